The summed E-state index contributed by atoms with van der Waals surface area (Å²) in [6.07, 6.45) is 5.14. The first-order valence-electron chi connectivity index (χ1n) is 12.5. The van der Waals surface area contributed by atoms with Gasteiger partial charge in [0.05, 0.1) is 11.4 Å². The Kier molecular flexibility index (Phi) is 6.54. The van der Waals surface area contributed by atoms with Crippen molar-refractivity contribution in [2.45, 2.75) is 33.1 Å². The van der Waals surface area contributed by atoms with Crippen molar-refractivity contribution < 1.29 is 0 Å². The Hall–Kier alpha value is -3.31. The largest absolute Gasteiger partial charge is 0.369 e. The van der Waals surface area contributed by atoms with Crippen LogP contribution in [0.1, 0.15) is 38.7 Å². The zero-order valence-electron chi connectivity index (χ0n) is 20.5. The van der Waals surface area contributed by atoms with Gasteiger partial charge in [-0.1, -0.05) is 45.0 Å². The molecule has 1 saturated heterocycles. The number of rotatable bonds is 7. The first-order chi connectivity index (χ1) is 16.6. The maximum Gasteiger partial charge on any atom is 0.161 e. The standard InChI is InChI=1S/C29H35N5/c1-4-16-32-18-20-33(21-19-32)26-11-9-25(10-12-26)31-27-13-14-28(34-17-15-30-29(27)34)24-7-5-23(6-8-24)22(2)3/h5-15,17,22,31H,4,16,18-21H2,1-3H3. The lowest BCUT2D eigenvalue weighted by Gasteiger charge is -2.36. The third-order valence-electron chi connectivity index (χ3n) is 6.85. The fraction of sp³-hybridized carbons (Fsp3) is 0.345. The van der Waals surface area contributed by atoms with Crippen LogP contribution in [0.3, 0.4) is 0 Å². The fourth-order valence-electron chi connectivity index (χ4n) is 4.84. The van der Waals surface area contributed by atoms with Gasteiger partial charge < -0.3 is 10.2 Å². The zero-order valence-corrected chi connectivity index (χ0v) is 20.5. The Bertz CT molecular complexity index is 1220. The van der Waals surface area contributed by atoms with Gasteiger partial charge in [0.1, 0.15) is 0 Å². The Labute approximate surface area is 203 Å². The number of anilines is 3. The fourth-order valence-corrected chi connectivity index (χ4v) is 4.84. The SMILES string of the molecule is CCCN1CCN(c2ccc(Nc3ccc(-c4ccc(C(C)C)cc4)n4ccnc34)cc2)CC1. The summed E-state index contributed by atoms with van der Waals surface area (Å²) in [6, 6.07) is 22.0. The predicted octanol–water partition coefficient (Wildman–Crippen LogP) is 6.40. The quantitative estimate of drug-likeness (QED) is 0.351. The van der Waals surface area contributed by atoms with Gasteiger partial charge in [-0.3, -0.25) is 9.30 Å². The van der Waals surface area contributed by atoms with E-state index in [0.717, 1.165) is 48.9 Å². The summed E-state index contributed by atoms with van der Waals surface area (Å²) in [5, 5.41) is 3.58. The summed E-state index contributed by atoms with van der Waals surface area (Å²) in [5.74, 6) is 0.533. The molecule has 176 valence electrons. The number of pyridine rings is 1. The van der Waals surface area contributed by atoms with Crippen molar-refractivity contribution in [3.63, 3.8) is 0 Å². The van der Waals surface area contributed by atoms with E-state index in [0.29, 0.717) is 5.92 Å². The normalized spacial score (nSPS) is 14.8. The van der Waals surface area contributed by atoms with Crippen LogP contribution in [-0.2, 0) is 0 Å². The van der Waals surface area contributed by atoms with E-state index in [-0.39, 0.29) is 0 Å². The van der Waals surface area contributed by atoms with Gasteiger partial charge in [-0.2, -0.15) is 0 Å². The number of hydrogen-bond acceptors (Lipinski definition) is 4. The lowest BCUT2D eigenvalue weighted by Crippen LogP contribution is -2.46. The molecule has 3 heterocycles. The van der Waals surface area contributed by atoms with Crippen LogP contribution in [0.2, 0.25) is 0 Å². The lowest BCUT2D eigenvalue weighted by atomic mass is 10.0. The van der Waals surface area contributed by atoms with Crippen LogP contribution < -0.4 is 10.2 Å². The number of benzene rings is 2. The van der Waals surface area contributed by atoms with Crippen molar-refractivity contribution >= 4 is 22.7 Å². The predicted molar refractivity (Wildman–Crippen MR) is 143 cm³/mol. The van der Waals surface area contributed by atoms with E-state index in [9.17, 15) is 0 Å². The smallest absolute Gasteiger partial charge is 0.161 e. The van der Waals surface area contributed by atoms with E-state index in [1.54, 1.807) is 0 Å². The second kappa shape index (κ2) is 9.90. The molecule has 1 fully saturated rings. The van der Waals surface area contributed by atoms with Gasteiger partial charge in [0.2, 0.25) is 0 Å². The van der Waals surface area contributed by atoms with E-state index in [2.05, 4.69) is 106 Å². The van der Waals surface area contributed by atoms with Crippen molar-refractivity contribution in [3.8, 4) is 11.3 Å². The molecule has 5 nitrogen and oxygen atoms in total. The van der Waals surface area contributed by atoms with Crippen molar-refractivity contribution in [2.24, 2.45) is 0 Å². The van der Waals surface area contributed by atoms with E-state index in [1.165, 1.54) is 29.8 Å². The molecule has 0 aliphatic carbocycles. The molecule has 2 aromatic heterocycles. The molecule has 0 atom stereocenters. The molecule has 0 bridgehead atoms. The Morgan fingerprint density at radius 1 is 0.882 bits per heavy atom. The van der Waals surface area contributed by atoms with E-state index in [4.69, 9.17) is 0 Å². The first kappa shape index (κ1) is 22.5. The van der Waals surface area contributed by atoms with Crippen LogP contribution in [0, 0.1) is 0 Å². The molecule has 5 heteroatoms. The highest BCUT2D eigenvalue weighted by atomic mass is 15.3. The highest BCUT2D eigenvalue weighted by molar-refractivity contribution is 5.78. The zero-order chi connectivity index (χ0) is 23.5. The number of piperazine rings is 1. The molecule has 0 amide bonds. The van der Waals surface area contributed by atoms with E-state index >= 15 is 0 Å². The third-order valence-corrected chi connectivity index (χ3v) is 6.85. The molecule has 1 aliphatic heterocycles. The molecular weight excluding hydrogens is 418 g/mol. The van der Waals surface area contributed by atoms with Crippen molar-refractivity contribution in [1.29, 1.82) is 0 Å². The summed E-state index contributed by atoms with van der Waals surface area (Å²) in [6.45, 7) is 12.4. The molecular formula is C29H35N5. The lowest BCUT2D eigenvalue weighted by molar-refractivity contribution is 0.258. The van der Waals surface area contributed by atoms with Gasteiger partial charge in [0.15, 0.2) is 5.65 Å². The monoisotopic (exact) mass is 453 g/mol. The average molecular weight is 454 g/mol. The molecule has 5 rings (SSSR count). The summed E-state index contributed by atoms with van der Waals surface area (Å²) in [4.78, 5) is 9.70. The topological polar surface area (TPSA) is 35.8 Å². The minimum absolute atomic E-state index is 0.533. The molecule has 0 radical (unpaired) electrons. The van der Waals surface area contributed by atoms with Crippen LogP contribution in [0.15, 0.2) is 73.1 Å². The molecule has 0 unspecified atom stereocenters. The maximum atomic E-state index is 4.65. The molecule has 34 heavy (non-hydrogen) atoms. The van der Waals surface area contributed by atoms with Crippen molar-refractivity contribution in [3.05, 3.63) is 78.6 Å². The Morgan fingerprint density at radius 3 is 2.29 bits per heavy atom. The van der Waals surface area contributed by atoms with E-state index < -0.39 is 0 Å². The van der Waals surface area contributed by atoms with Crippen LogP contribution in [0.4, 0.5) is 17.1 Å². The highest BCUT2D eigenvalue weighted by Crippen LogP contribution is 2.29. The van der Waals surface area contributed by atoms with Gasteiger partial charge in [-0.25, -0.2) is 4.98 Å². The van der Waals surface area contributed by atoms with Gasteiger partial charge in [0.25, 0.3) is 0 Å². The number of nitrogens with one attached hydrogen (secondary N) is 1. The van der Waals surface area contributed by atoms with Crippen molar-refractivity contribution in [1.82, 2.24) is 14.3 Å². The van der Waals surface area contributed by atoms with Gasteiger partial charge >= 0.3 is 0 Å². The van der Waals surface area contributed by atoms with Gasteiger partial charge in [0, 0.05) is 49.9 Å². The van der Waals surface area contributed by atoms with E-state index in [1.807, 2.05) is 12.4 Å². The first-order valence-corrected chi connectivity index (χ1v) is 12.5. The van der Waals surface area contributed by atoms with Crippen LogP contribution >= 0.6 is 0 Å². The average Bonchev–Trinajstić information content (AvgIpc) is 3.36. The highest BCUT2D eigenvalue weighted by Gasteiger charge is 2.16. The van der Waals surface area contributed by atoms with Gasteiger partial charge in [-0.05, 0) is 66.4 Å². The molecule has 1 N–H and O–H groups in total. The number of aromatic nitrogens is 2. The molecule has 1 aliphatic rings. The Morgan fingerprint density at radius 2 is 1.62 bits per heavy atom. The summed E-state index contributed by atoms with van der Waals surface area (Å²) < 4.78 is 2.16. The number of hydrogen-bond donors (Lipinski definition) is 1. The minimum atomic E-state index is 0.533. The van der Waals surface area contributed by atoms with Crippen LogP contribution in [0.25, 0.3) is 16.9 Å². The summed E-state index contributed by atoms with van der Waals surface area (Å²) in [5.41, 5.74) is 8.01. The second-order valence-corrected chi connectivity index (χ2v) is 9.53. The summed E-state index contributed by atoms with van der Waals surface area (Å²) >= 11 is 0. The molecule has 0 spiro atoms. The van der Waals surface area contributed by atoms with Crippen LogP contribution in [-0.4, -0.2) is 47.0 Å². The number of nitrogens with zero attached hydrogens (tertiary/aromatic N) is 4. The number of fused-ring (bicyclic) bond motifs is 1. The molecule has 0 saturated carbocycles. The second-order valence-electron chi connectivity index (χ2n) is 9.53. The maximum absolute atomic E-state index is 4.65. The third kappa shape index (κ3) is 4.66. The number of imidazole rings is 1. The van der Waals surface area contributed by atoms with Crippen molar-refractivity contribution in [2.75, 3.05) is 42.9 Å². The van der Waals surface area contributed by atoms with Gasteiger partial charge in [-0.15, -0.1) is 0 Å². The molecule has 2 aromatic carbocycles. The van der Waals surface area contributed by atoms with Crippen LogP contribution in [0.5, 0.6) is 0 Å². The molecule has 4 aromatic rings. The Balaban J connectivity index is 1.32. The summed E-state index contributed by atoms with van der Waals surface area (Å²) in [7, 11) is 0. The minimum Gasteiger partial charge on any atom is -0.369 e.